The van der Waals surface area contributed by atoms with Crippen molar-refractivity contribution in [2.45, 2.75) is 83.1 Å². The highest BCUT2D eigenvalue weighted by atomic mass is 16.8. The molecule has 0 saturated carbocycles. The van der Waals surface area contributed by atoms with Crippen LogP contribution < -0.4 is 5.32 Å². The van der Waals surface area contributed by atoms with Crippen molar-refractivity contribution in [2.24, 2.45) is 5.92 Å². The lowest BCUT2D eigenvalue weighted by Crippen LogP contribution is -2.52. The molecule has 10 nitrogen and oxygen atoms in total. The molecular formula is C22H37N5O5. The number of carbonyl (C=O) groups excluding carboxylic acids is 1. The number of hydrogen-bond donors (Lipinski definition) is 3. The predicted molar refractivity (Wildman–Crippen MR) is 118 cm³/mol. The molecule has 0 bridgehead atoms. The summed E-state index contributed by atoms with van der Waals surface area (Å²) in [5.41, 5.74) is 0. The van der Waals surface area contributed by atoms with Crippen LogP contribution in [0.3, 0.4) is 0 Å². The number of anilines is 1. The van der Waals surface area contributed by atoms with Gasteiger partial charge in [0.25, 0.3) is 0 Å². The molecule has 3 unspecified atom stereocenters. The van der Waals surface area contributed by atoms with Gasteiger partial charge < -0.3 is 20.3 Å². The number of likely N-dealkylation sites (tertiary alicyclic amines) is 1. The Balaban J connectivity index is 1.63. The first kappa shape index (κ1) is 24.8. The smallest absolute Gasteiger partial charge is 0.233 e. The molecule has 3 heterocycles. The van der Waals surface area contributed by atoms with Gasteiger partial charge in [-0.1, -0.05) is 19.8 Å². The van der Waals surface area contributed by atoms with Crippen LogP contribution >= 0.6 is 0 Å². The summed E-state index contributed by atoms with van der Waals surface area (Å²) in [5, 5.41) is 34.1. The van der Waals surface area contributed by atoms with Crippen LogP contribution in [0, 0.1) is 5.92 Å². The molecule has 5 atom stereocenters. The number of ether oxygens (including phenoxy) is 1. The Kier molecular flexibility index (Phi) is 10.1. The molecular weight excluding hydrogens is 414 g/mol. The van der Waals surface area contributed by atoms with Crippen molar-refractivity contribution < 1.29 is 24.6 Å². The second-order valence-corrected chi connectivity index (χ2v) is 8.57. The Morgan fingerprint density at radius 1 is 1.38 bits per heavy atom. The fourth-order valence-corrected chi connectivity index (χ4v) is 4.47. The van der Waals surface area contributed by atoms with Gasteiger partial charge in [-0.15, -0.1) is 5.10 Å². The van der Waals surface area contributed by atoms with Crippen molar-refractivity contribution >= 4 is 12.2 Å². The van der Waals surface area contributed by atoms with Gasteiger partial charge in [-0.05, 0) is 44.2 Å². The van der Waals surface area contributed by atoms with E-state index in [0.29, 0.717) is 25.4 Å². The molecule has 2 aliphatic rings. The summed E-state index contributed by atoms with van der Waals surface area (Å²) in [4.78, 5) is 19.4. The molecule has 1 aromatic rings. The summed E-state index contributed by atoms with van der Waals surface area (Å²) in [6.07, 6.45) is 7.12. The third-order valence-corrected chi connectivity index (χ3v) is 6.19. The molecule has 0 aromatic carbocycles. The number of amides is 1. The molecule has 1 amide bonds. The van der Waals surface area contributed by atoms with Crippen LogP contribution in [0.1, 0.15) is 58.3 Å². The molecule has 2 saturated heterocycles. The van der Waals surface area contributed by atoms with E-state index in [4.69, 9.17) is 9.57 Å². The van der Waals surface area contributed by atoms with E-state index < -0.39 is 18.7 Å². The third-order valence-electron chi connectivity index (χ3n) is 6.19. The molecule has 0 aliphatic carbocycles. The van der Waals surface area contributed by atoms with Gasteiger partial charge >= 0.3 is 0 Å². The number of rotatable bonds is 13. The van der Waals surface area contributed by atoms with Crippen LogP contribution in [0.2, 0.25) is 0 Å². The van der Waals surface area contributed by atoms with E-state index in [1.165, 1.54) is 5.06 Å². The SMILES string of the molecule is CCCC[C@H](CN(C=O)OC1CCCCO1)C(O)N1CCC[C@H]1C(O)Nc1cccnn1. The maximum absolute atomic E-state index is 11.7. The third kappa shape index (κ3) is 7.08. The highest BCUT2D eigenvalue weighted by molar-refractivity contribution is 5.45. The lowest BCUT2D eigenvalue weighted by atomic mass is 9.98. The highest BCUT2D eigenvalue weighted by Gasteiger charge is 2.38. The van der Waals surface area contributed by atoms with E-state index in [1.807, 2.05) is 4.90 Å². The zero-order valence-corrected chi connectivity index (χ0v) is 18.9. The first-order valence-corrected chi connectivity index (χ1v) is 11.8. The van der Waals surface area contributed by atoms with Crippen molar-refractivity contribution in [3.63, 3.8) is 0 Å². The van der Waals surface area contributed by atoms with E-state index in [-0.39, 0.29) is 18.5 Å². The summed E-state index contributed by atoms with van der Waals surface area (Å²) in [7, 11) is 0. The number of aliphatic hydroxyl groups excluding tert-OH is 2. The summed E-state index contributed by atoms with van der Waals surface area (Å²) in [6.45, 7) is 3.66. The minimum absolute atomic E-state index is 0.215. The molecule has 3 N–H and O–H groups in total. The number of aromatic nitrogens is 2. The summed E-state index contributed by atoms with van der Waals surface area (Å²) in [5.74, 6) is 0.268. The van der Waals surface area contributed by atoms with Crippen molar-refractivity contribution in [1.29, 1.82) is 0 Å². The van der Waals surface area contributed by atoms with E-state index >= 15 is 0 Å². The number of carbonyl (C=O) groups is 1. The minimum Gasteiger partial charge on any atom is -0.378 e. The average Bonchev–Trinajstić information content (AvgIpc) is 3.32. The average molecular weight is 452 g/mol. The zero-order valence-electron chi connectivity index (χ0n) is 18.9. The number of hydroxylamine groups is 2. The topological polar surface area (TPSA) is 120 Å². The molecule has 180 valence electrons. The van der Waals surface area contributed by atoms with Gasteiger partial charge in [0.2, 0.25) is 6.41 Å². The van der Waals surface area contributed by atoms with Gasteiger partial charge in [-0.2, -0.15) is 5.10 Å². The van der Waals surface area contributed by atoms with E-state index in [1.54, 1.807) is 18.3 Å². The predicted octanol–water partition coefficient (Wildman–Crippen LogP) is 1.71. The van der Waals surface area contributed by atoms with Crippen molar-refractivity contribution in [1.82, 2.24) is 20.2 Å². The van der Waals surface area contributed by atoms with Crippen LogP contribution in [0.5, 0.6) is 0 Å². The highest BCUT2D eigenvalue weighted by Crippen LogP contribution is 2.28. The van der Waals surface area contributed by atoms with Crippen LogP contribution in [-0.2, 0) is 14.4 Å². The number of unbranched alkanes of at least 4 members (excludes halogenated alkanes) is 1. The van der Waals surface area contributed by atoms with Gasteiger partial charge in [-0.3, -0.25) is 9.69 Å². The van der Waals surface area contributed by atoms with Crippen LogP contribution in [0.15, 0.2) is 18.3 Å². The molecule has 1 aromatic heterocycles. The summed E-state index contributed by atoms with van der Waals surface area (Å²) in [6, 6.07) is 3.21. The Morgan fingerprint density at radius 3 is 2.94 bits per heavy atom. The molecule has 2 aliphatic heterocycles. The maximum atomic E-state index is 11.7. The van der Waals surface area contributed by atoms with Crippen LogP contribution in [0.4, 0.5) is 5.82 Å². The van der Waals surface area contributed by atoms with Gasteiger partial charge in [0, 0.05) is 31.7 Å². The number of aliphatic hydroxyl groups is 2. The second kappa shape index (κ2) is 13.0. The maximum Gasteiger partial charge on any atom is 0.233 e. The Hall–Kier alpha value is -1.85. The van der Waals surface area contributed by atoms with Crippen molar-refractivity contribution in [3.8, 4) is 0 Å². The quantitative estimate of drug-likeness (QED) is 0.234. The molecule has 0 spiro atoms. The molecule has 10 heteroatoms. The standard InChI is InChI=1S/C22H37N5O5/c1-2-3-8-17(15-26(16-28)32-20-11-4-5-14-31-20)22(30)27-13-7-9-18(27)21(29)24-19-10-6-12-23-25-19/h6,10,12,16-18,20-22,29-30H,2-5,7-9,11,13-15H2,1H3,(H,24,25)/t17-,18+,20?,21?,22?/m1/s1. The van der Waals surface area contributed by atoms with Crippen molar-refractivity contribution in [2.75, 3.05) is 25.0 Å². The number of nitrogens with zero attached hydrogens (tertiary/aromatic N) is 4. The lowest BCUT2D eigenvalue weighted by molar-refractivity contribution is -0.279. The van der Waals surface area contributed by atoms with Crippen LogP contribution in [-0.4, -0.2) is 81.3 Å². The molecule has 2 fully saturated rings. The summed E-state index contributed by atoms with van der Waals surface area (Å²) >= 11 is 0. The van der Waals surface area contributed by atoms with Gasteiger partial charge in [-0.25, -0.2) is 9.90 Å². The summed E-state index contributed by atoms with van der Waals surface area (Å²) < 4.78 is 5.59. The van der Waals surface area contributed by atoms with Crippen molar-refractivity contribution in [3.05, 3.63) is 18.3 Å². The molecule has 0 radical (unpaired) electrons. The number of nitrogens with one attached hydrogen (secondary N) is 1. The normalized spacial score (nSPS) is 24.6. The van der Waals surface area contributed by atoms with E-state index in [2.05, 4.69) is 22.4 Å². The second-order valence-electron chi connectivity index (χ2n) is 8.57. The molecule has 32 heavy (non-hydrogen) atoms. The van der Waals surface area contributed by atoms with E-state index in [9.17, 15) is 15.0 Å². The van der Waals surface area contributed by atoms with Crippen LogP contribution in [0.25, 0.3) is 0 Å². The van der Waals surface area contributed by atoms with E-state index in [0.717, 1.165) is 51.4 Å². The number of hydrogen-bond acceptors (Lipinski definition) is 9. The van der Waals surface area contributed by atoms with Gasteiger partial charge in [0.05, 0.1) is 12.6 Å². The van der Waals surface area contributed by atoms with Gasteiger partial charge in [0.1, 0.15) is 12.5 Å². The fourth-order valence-electron chi connectivity index (χ4n) is 4.47. The molecule has 3 rings (SSSR count). The zero-order chi connectivity index (χ0) is 22.8. The first-order chi connectivity index (χ1) is 15.6. The Bertz CT molecular complexity index is 663. The minimum atomic E-state index is -0.898. The Labute approximate surface area is 189 Å². The first-order valence-electron chi connectivity index (χ1n) is 11.8. The monoisotopic (exact) mass is 451 g/mol. The fraction of sp³-hybridized carbons (Fsp3) is 0.773. The van der Waals surface area contributed by atoms with Gasteiger partial charge in [0.15, 0.2) is 12.1 Å². The Morgan fingerprint density at radius 2 is 2.25 bits per heavy atom. The largest absolute Gasteiger partial charge is 0.378 e. The lowest BCUT2D eigenvalue weighted by Gasteiger charge is -2.38.